The number of nitrogens with zero attached hydrogens (tertiary/aromatic N) is 2. The molecule has 0 aromatic heterocycles. The lowest BCUT2D eigenvalue weighted by atomic mass is 9.65. The number of hydrogen-bond donors (Lipinski definition) is 1. The molecule has 4 rings (SSSR count). The van der Waals surface area contributed by atoms with Crippen molar-refractivity contribution >= 4 is 27.5 Å². The Hall–Kier alpha value is -2.71. The second-order valence-corrected chi connectivity index (χ2v) is 13.8. The van der Waals surface area contributed by atoms with Gasteiger partial charge in [-0.2, -0.15) is 4.31 Å². The number of carbonyl (C=O) groups is 2. The first kappa shape index (κ1) is 27.3. The van der Waals surface area contributed by atoms with Crippen LogP contribution in [0.4, 0.5) is 5.69 Å². The molecule has 37 heavy (non-hydrogen) atoms. The van der Waals surface area contributed by atoms with Gasteiger partial charge in [-0.25, -0.2) is 8.42 Å². The van der Waals surface area contributed by atoms with Crippen LogP contribution in [-0.2, 0) is 14.8 Å². The standard InChI is InChI=1S/C29H39N3O4S/c1-6-14-31(18-26(33)30-25-13-8-7-10-21(25)2)27(34)22-11-9-12-24(15-22)37(35,36)32-20-29(5)17-23(32)16-28(3,4)19-29/h7-13,15,23H,6,14,16-20H2,1-5H3,(H,30,33)/t23-,29+/m1/s1. The number of rotatable bonds is 8. The van der Waals surface area contributed by atoms with E-state index in [-0.39, 0.29) is 45.7 Å². The van der Waals surface area contributed by atoms with Gasteiger partial charge in [0.1, 0.15) is 6.54 Å². The predicted octanol–water partition coefficient (Wildman–Crippen LogP) is 5.08. The van der Waals surface area contributed by atoms with Crippen molar-refractivity contribution in [2.75, 3.05) is 25.0 Å². The van der Waals surface area contributed by atoms with Gasteiger partial charge in [-0.05, 0) is 73.3 Å². The molecule has 0 unspecified atom stereocenters. The average Bonchev–Trinajstić information content (AvgIpc) is 3.09. The molecule has 2 amide bonds. The number of hydrogen-bond acceptors (Lipinski definition) is 4. The lowest BCUT2D eigenvalue weighted by Crippen LogP contribution is -2.39. The van der Waals surface area contributed by atoms with Crippen LogP contribution in [0.2, 0.25) is 0 Å². The molecule has 1 aliphatic carbocycles. The van der Waals surface area contributed by atoms with Crippen molar-refractivity contribution in [1.82, 2.24) is 9.21 Å². The van der Waals surface area contributed by atoms with Crippen molar-refractivity contribution in [3.8, 4) is 0 Å². The van der Waals surface area contributed by atoms with Crippen LogP contribution >= 0.6 is 0 Å². The quantitative estimate of drug-likeness (QED) is 0.521. The Kier molecular flexibility index (Phi) is 7.55. The molecular weight excluding hydrogens is 486 g/mol. The van der Waals surface area contributed by atoms with Gasteiger partial charge >= 0.3 is 0 Å². The van der Waals surface area contributed by atoms with Gasteiger partial charge in [0.25, 0.3) is 5.91 Å². The van der Waals surface area contributed by atoms with Gasteiger partial charge < -0.3 is 10.2 Å². The van der Waals surface area contributed by atoms with E-state index in [2.05, 4.69) is 26.1 Å². The summed E-state index contributed by atoms with van der Waals surface area (Å²) in [6, 6.07) is 13.7. The maximum Gasteiger partial charge on any atom is 0.254 e. The van der Waals surface area contributed by atoms with Crippen molar-refractivity contribution in [2.24, 2.45) is 10.8 Å². The summed E-state index contributed by atoms with van der Waals surface area (Å²) in [7, 11) is -3.76. The van der Waals surface area contributed by atoms with Gasteiger partial charge in [-0.3, -0.25) is 9.59 Å². The van der Waals surface area contributed by atoms with Crippen LogP contribution in [0, 0.1) is 17.8 Å². The second-order valence-electron chi connectivity index (χ2n) is 11.9. The minimum Gasteiger partial charge on any atom is -0.329 e. The Morgan fingerprint density at radius 1 is 1.08 bits per heavy atom. The molecule has 2 fully saturated rings. The molecule has 2 aliphatic rings. The minimum absolute atomic E-state index is 0.0279. The third-order valence-corrected chi connectivity index (χ3v) is 9.48. The molecule has 2 aromatic carbocycles. The highest BCUT2D eigenvalue weighted by Crippen LogP contribution is 2.53. The number of carbonyl (C=O) groups excluding carboxylic acids is 2. The van der Waals surface area contributed by atoms with Crippen LogP contribution in [0.3, 0.4) is 0 Å². The van der Waals surface area contributed by atoms with Gasteiger partial charge in [0, 0.05) is 30.4 Å². The molecule has 8 heteroatoms. The highest BCUT2D eigenvalue weighted by molar-refractivity contribution is 7.89. The molecule has 2 aromatic rings. The lowest BCUT2D eigenvalue weighted by molar-refractivity contribution is -0.116. The van der Waals surface area contributed by atoms with E-state index in [0.29, 0.717) is 25.2 Å². The summed E-state index contributed by atoms with van der Waals surface area (Å²) in [5.41, 5.74) is 1.98. The van der Waals surface area contributed by atoms with E-state index in [4.69, 9.17) is 0 Å². The van der Waals surface area contributed by atoms with Crippen molar-refractivity contribution in [2.45, 2.75) is 71.2 Å². The topological polar surface area (TPSA) is 86.8 Å². The predicted molar refractivity (Wildman–Crippen MR) is 146 cm³/mol. The number of nitrogens with one attached hydrogen (secondary N) is 1. The number of aryl methyl sites for hydroxylation is 1. The first-order valence-corrected chi connectivity index (χ1v) is 14.5. The largest absolute Gasteiger partial charge is 0.329 e. The van der Waals surface area contributed by atoms with E-state index in [1.54, 1.807) is 22.5 Å². The lowest BCUT2D eigenvalue weighted by Gasteiger charge is -2.39. The van der Waals surface area contributed by atoms with Crippen molar-refractivity contribution < 1.29 is 18.0 Å². The number of fused-ring (bicyclic) bond motifs is 2. The fourth-order valence-corrected chi connectivity index (χ4v) is 8.22. The summed E-state index contributed by atoms with van der Waals surface area (Å²) in [6.45, 7) is 11.2. The molecule has 2 bridgehead atoms. The third kappa shape index (κ3) is 5.91. The smallest absolute Gasteiger partial charge is 0.254 e. The zero-order valence-electron chi connectivity index (χ0n) is 22.6. The third-order valence-electron chi connectivity index (χ3n) is 7.59. The molecule has 2 atom stereocenters. The fraction of sp³-hybridized carbons (Fsp3) is 0.517. The zero-order chi connectivity index (χ0) is 27.0. The summed E-state index contributed by atoms with van der Waals surface area (Å²) in [5.74, 6) is -0.646. The average molecular weight is 526 g/mol. The highest BCUT2D eigenvalue weighted by Gasteiger charge is 2.53. The van der Waals surface area contributed by atoms with Gasteiger partial charge in [0.2, 0.25) is 15.9 Å². The monoisotopic (exact) mass is 525 g/mol. The van der Waals surface area contributed by atoms with Crippen LogP contribution in [0.25, 0.3) is 0 Å². The Labute approximate surface area is 221 Å². The van der Waals surface area contributed by atoms with E-state index in [9.17, 15) is 18.0 Å². The maximum absolute atomic E-state index is 13.8. The zero-order valence-corrected chi connectivity index (χ0v) is 23.4. The van der Waals surface area contributed by atoms with Crippen LogP contribution in [0.1, 0.15) is 69.3 Å². The number of sulfonamides is 1. The second kappa shape index (κ2) is 10.2. The molecule has 0 radical (unpaired) electrons. The van der Waals surface area contributed by atoms with Crippen LogP contribution in [0.15, 0.2) is 53.4 Å². The van der Waals surface area contributed by atoms with E-state index in [0.717, 1.165) is 24.8 Å². The summed E-state index contributed by atoms with van der Waals surface area (Å²) >= 11 is 0. The molecule has 1 heterocycles. The minimum atomic E-state index is -3.76. The summed E-state index contributed by atoms with van der Waals surface area (Å²) in [6.07, 6.45) is 3.37. The number of anilines is 1. The first-order chi connectivity index (χ1) is 17.3. The molecule has 1 N–H and O–H groups in total. The number of benzene rings is 2. The SMILES string of the molecule is CCCN(CC(=O)Nc1ccccc1C)C(=O)c1cccc(S(=O)(=O)N2C[C@@]3(C)C[C@H]2CC(C)(C)C3)c1. The summed E-state index contributed by atoms with van der Waals surface area (Å²) in [4.78, 5) is 27.8. The normalized spacial score (nSPS) is 23.0. The van der Waals surface area contributed by atoms with E-state index < -0.39 is 10.0 Å². The Morgan fingerprint density at radius 2 is 1.81 bits per heavy atom. The van der Waals surface area contributed by atoms with Crippen molar-refractivity contribution in [1.29, 1.82) is 0 Å². The Balaban J connectivity index is 1.53. The van der Waals surface area contributed by atoms with Crippen molar-refractivity contribution in [3.05, 3.63) is 59.7 Å². The molecular formula is C29H39N3O4S. The Bertz CT molecular complexity index is 1290. The number of para-hydroxylation sites is 1. The maximum atomic E-state index is 13.8. The highest BCUT2D eigenvalue weighted by atomic mass is 32.2. The van der Waals surface area contributed by atoms with Crippen molar-refractivity contribution in [3.63, 3.8) is 0 Å². The summed E-state index contributed by atoms with van der Waals surface area (Å²) in [5, 5.41) is 2.87. The molecule has 1 saturated heterocycles. The Morgan fingerprint density at radius 3 is 2.51 bits per heavy atom. The van der Waals surface area contributed by atoms with E-state index in [1.807, 2.05) is 38.1 Å². The van der Waals surface area contributed by atoms with Crippen LogP contribution < -0.4 is 5.32 Å². The van der Waals surface area contributed by atoms with Gasteiger partial charge in [0.15, 0.2) is 0 Å². The molecule has 200 valence electrons. The summed E-state index contributed by atoms with van der Waals surface area (Å²) < 4.78 is 29.2. The fourth-order valence-electron chi connectivity index (χ4n) is 6.40. The molecule has 1 aliphatic heterocycles. The van der Waals surface area contributed by atoms with Crippen LogP contribution in [-0.4, -0.2) is 55.1 Å². The molecule has 1 saturated carbocycles. The van der Waals surface area contributed by atoms with Crippen LogP contribution in [0.5, 0.6) is 0 Å². The van der Waals surface area contributed by atoms with E-state index in [1.165, 1.54) is 11.0 Å². The van der Waals surface area contributed by atoms with Gasteiger partial charge in [0.05, 0.1) is 4.90 Å². The molecule has 0 spiro atoms. The molecule has 7 nitrogen and oxygen atoms in total. The van der Waals surface area contributed by atoms with E-state index >= 15 is 0 Å². The van der Waals surface area contributed by atoms with Gasteiger partial charge in [-0.15, -0.1) is 0 Å². The van der Waals surface area contributed by atoms with Gasteiger partial charge in [-0.1, -0.05) is 52.0 Å². The first-order valence-electron chi connectivity index (χ1n) is 13.1. The number of amides is 2.